The number of carbonyl (C=O) groups is 1. The van der Waals surface area contributed by atoms with Gasteiger partial charge in [0.15, 0.2) is 0 Å². The van der Waals surface area contributed by atoms with Gasteiger partial charge in [0.1, 0.15) is 17.7 Å². The lowest BCUT2D eigenvalue weighted by Crippen LogP contribution is -2.31. The van der Waals surface area contributed by atoms with Crippen LogP contribution >= 0.6 is 12.4 Å². The highest BCUT2D eigenvalue weighted by atomic mass is 35.5. The first-order valence-electron chi connectivity index (χ1n) is 12.4. The van der Waals surface area contributed by atoms with E-state index in [1.54, 1.807) is 0 Å². The number of ether oxygens (including phenoxy) is 1. The summed E-state index contributed by atoms with van der Waals surface area (Å²) in [7, 11) is 0. The lowest BCUT2D eigenvalue weighted by molar-refractivity contribution is 0.0696. The molecule has 3 atom stereocenters. The maximum atomic E-state index is 14.2. The summed E-state index contributed by atoms with van der Waals surface area (Å²) in [6, 6.07) is 24.8. The largest absolute Gasteiger partial charge is 0.490 e. The molecule has 0 radical (unpaired) electrons. The number of carboxylic acid groups (broad SMARTS) is 1. The predicted molar refractivity (Wildman–Crippen MR) is 148 cm³/mol. The van der Waals surface area contributed by atoms with Crippen LogP contribution in [0, 0.1) is 12.7 Å². The Morgan fingerprint density at radius 2 is 1.78 bits per heavy atom. The number of rotatable bonds is 7. The monoisotopic (exact) mass is 519 g/mol. The second-order valence-corrected chi connectivity index (χ2v) is 9.59. The normalized spacial score (nSPS) is 17.4. The zero-order valence-corrected chi connectivity index (χ0v) is 21.7. The van der Waals surface area contributed by atoms with Gasteiger partial charge in [-0.1, -0.05) is 60.7 Å². The van der Waals surface area contributed by atoms with Gasteiger partial charge in [-0.25, -0.2) is 9.18 Å². The lowest BCUT2D eigenvalue weighted by atomic mass is 9.82. The van der Waals surface area contributed by atoms with Crippen LogP contribution in [0.3, 0.4) is 0 Å². The third-order valence-corrected chi connectivity index (χ3v) is 7.27. The average molecular weight is 520 g/mol. The summed E-state index contributed by atoms with van der Waals surface area (Å²) in [6.07, 6.45) is 1.56. The summed E-state index contributed by atoms with van der Waals surface area (Å²) in [6.45, 7) is 4.66. The number of fused-ring (bicyclic) bond motifs is 2. The van der Waals surface area contributed by atoms with E-state index in [-0.39, 0.29) is 36.3 Å². The molecule has 0 saturated carbocycles. The van der Waals surface area contributed by atoms with E-state index in [9.17, 15) is 14.3 Å². The SMILES string of the molecule is Cc1ccc([C@@H]2C[C@H](CCNC(C)c3ccc(F)c4ccccc34)Oc3ccccc32)cc1C(=O)O.Cl. The van der Waals surface area contributed by atoms with Crippen molar-refractivity contribution in [2.45, 2.75) is 44.8 Å². The van der Waals surface area contributed by atoms with E-state index in [2.05, 4.69) is 18.3 Å². The molecular formula is C31H31ClFNO3. The number of aromatic carboxylic acids is 1. The fraction of sp³-hybridized carbons (Fsp3) is 0.258. The summed E-state index contributed by atoms with van der Waals surface area (Å²) in [5.74, 6) is -0.187. The van der Waals surface area contributed by atoms with Gasteiger partial charge in [0.2, 0.25) is 0 Å². The maximum absolute atomic E-state index is 14.2. The maximum Gasteiger partial charge on any atom is 0.335 e. The molecule has 0 amide bonds. The van der Waals surface area contributed by atoms with Gasteiger partial charge < -0.3 is 15.2 Å². The van der Waals surface area contributed by atoms with E-state index < -0.39 is 5.97 Å². The van der Waals surface area contributed by atoms with E-state index in [0.717, 1.165) is 52.8 Å². The van der Waals surface area contributed by atoms with E-state index in [1.165, 1.54) is 6.07 Å². The van der Waals surface area contributed by atoms with Gasteiger partial charge >= 0.3 is 5.97 Å². The Balaban J connectivity index is 0.00000320. The van der Waals surface area contributed by atoms with Crippen LogP contribution in [0.1, 0.15) is 64.3 Å². The summed E-state index contributed by atoms with van der Waals surface area (Å²) >= 11 is 0. The van der Waals surface area contributed by atoms with Crippen LogP contribution < -0.4 is 10.1 Å². The minimum Gasteiger partial charge on any atom is -0.490 e. The Hall–Kier alpha value is -3.41. The zero-order chi connectivity index (χ0) is 25.2. The lowest BCUT2D eigenvalue weighted by Gasteiger charge is -2.33. The van der Waals surface area contributed by atoms with Gasteiger partial charge in [-0.05, 0) is 73.5 Å². The van der Waals surface area contributed by atoms with Crippen LogP contribution in [0.4, 0.5) is 4.39 Å². The molecule has 1 aliphatic rings. The third-order valence-electron chi connectivity index (χ3n) is 7.27. The van der Waals surface area contributed by atoms with E-state index in [0.29, 0.717) is 10.9 Å². The van der Waals surface area contributed by atoms with Crippen molar-refractivity contribution >= 4 is 29.1 Å². The van der Waals surface area contributed by atoms with Crippen LogP contribution in [-0.4, -0.2) is 23.7 Å². The van der Waals surface area contributed by atoms with Crippen LogP contribution in [0.25, 0.3) is 10.8 Å². The molecule has 4 nitrogen and oxygen atoms in total. The number of hydrogen-bond donors (Lipinski definition) is 2. The van der Waals surface area contributed by atoms with E-state index in [4.69, 9.17) is 4.74 Å². The van der Waals surface area contributed by atoms with Gasteiger partial charge in [-0.2, -0.15) is 0 Å². The van der Waals surface area contributed by atoms with E-state index in [1.807, 2.05) is 73.7 Å². The fourth-order valence-electron chi connectivity index (χ4n) is 5.31. The Morgan fingerprint density at radius 1 is 1.05 bits per heavy atom. The first kappa shape index (κ1) is 26.6. The van der Waals surface area contributed by atoms with Gasteiger partial charge in [-0.3, -0.25) is 0 Å². The van der Waals surface area contributed by atoms with Crippen LogP contribution in [-0.2, 0) is 0 Å². The molecule has 5 rings (SSSR count). The van der Waals surface area contributed by atoms with Gasteiger partial charge in [0.25, 0.3) is 0 Å². The molecule has 4 aromatic carbocycles. The number of para-hydroxylation sites is 1. The molecular weight excluding hydrogens is 489 g/mol. The number of benzene rings is 4. The summed E-state index contributed by atoms with van der Waals surface area (Å²) in [5.41, 5.74) is 4.26. The highest BCUT2D eigenvalue weighted by Crippen LogP contribution is 2.41. The number of hydrogen-bond acceptors (Lipinski definition) is 3. The van der Waals surface area contributed by atoms with Crippen molar-refractivity contribution in [2.75, 3.05) is 6.54 Å². The number of halogens is 2. The van der Waals surface area contributed by atoms with Crippen molar-refractivity contribution in [1.82, 2.24) is 5.32 Å². The van der Waals surface area contributed by atoms with Crippen molar-refractivity contribution in [3.63, 3.8) is 0 Å². The van der Waals surface area contributed by atoms with E-state index >= 15 is 0 Å². The molecule has 4 aromatic rings. The molecule has 0 saturated heterocycles. The summed E-state index contributed by atoms with van der Waals surface area (Å²) in [5, 5.41) is 14.8. The zero-order valence-electron chi connectivity index (χ0n) is 20.9. The topological polar surface area (TPSA) is 58.6 Å². The van der Waals surface area contributed by atoms with Crippen LogP contribution in [0.2, 0.25) is 0 Å². The molecule has 0 spiro atoms. The summed E-state index contributed by atoms with van der Waals surface area (Å²) < 4.78 is 20.6. The number of carboxylic acids is 1. The second kappa shape index (κ2) is 11.3. The minimum atomic E-state index is -0.905. The first-order valence-corrected chi connectivity index (χ1v) is 12.4. The quantitative estimate of drug-likeness (QED) is 0.266. The van der Waals surface area contributed by atoms with Crippen molar-refractivity contribution < 1.29 is 19.0 Å². The molecule has 1 unspecified atom stereocenters. The average Bonchev–Trinajstić information content (AvgIpc) is 2.88. The number of nitrogens with one attached hydrogen (secondary N) is 1. The van der Waals surface area contributed by atoms with Crippen LogP contribution in [0.5, 0.6) is 5.75 Å². The van der Waals surface area contributed by atoms with Crippen molar-refractivity contribution in [3.05, 3.63) is 112 Å². The van der Waals surface area contributed by atoms with Crippen LogP contribution in [0.15, 0.2) is 78.9 Å². The molecule has 0 bridgehead atoms. The smallest absolute Gasteiger partial charge is 0.335 e. The van der Waals surface area contributed by atoms with Gasteiger partial charge in [0.05, 0.1) is 5.56 Å². The molecule has 37 heavy (non-hydrogen) atoms. The highest BCUT2D eigenvalue weighted by Gasteiger charge is 2.30. The highest BCUT2D eigenvalue weighted by molar-refractivity contribution is 5.89. The fourth-order valence-corrected chi connectivity index (χ4v) is 5.31. The molecule has 1 heterocycles. The molecule has 6 heteroatoms. The van der Waals surface area contributed by atoms with Crippen molar-refractivity contribution in [3.8, 4) is 5.75 Å². The van der Waals surface area contributed by atoms with Gasteiger partial charge in [-0.15, -0.1) is 12.4 Å². The standard InChI is InChI=1S/C31H30FNO3.ClH/c1-19-11-12-21(17-27(19)31(34)35)28-18-22(36-30-10-6-5-9-26(28)30)15-16-33-20(2)23-13-14-29(32)25-8-4-3-7-24(23)25;/h3-14,17,20,22,28,33H,15-16,18H2,1-2H3,(H,34,35);1H/t20?,22-,28-;/m0./s1. The first-order chi connectivity index (χ1) is 17.4. The third kappa shape index (κ3) is 5.48. The molecule has 1 aliphatic heterocycles. The molecule has 2 N–H and O–H groups in total. The van der Waals surface area contributed by atoms with Crippen molar-refractivity contribution in [1.29, 1.82) is 0 Å². The molecule has 0 fully saturated rings. The Labute approximate surface area is 222 Å². The second-order valence-electron chi connectivity index (χ2n) is 9.59. The molecule has 0 aliphatic carbocycles. The minimum absolute atomic E-state index is 0. The number of aryl methyl sites for hydroxylation is 1. The van der Waals surface area contributed by atoms with Gasteiger partial charge in [0, 0.05) is 22.9 Å². The Morgan fingerprint density at radius 3 is 2.57 bits per heavy atom. The molecule has 0 aromatic heterocycles. The Kier molecular flexibility index (Phi) is 8.16. The summed E-state index contributed by atoms with van der Waals surface area (Å²) in [4.78, 5) is 11.7. The van der Waals surface area contributed by atoms with Crippen molar-refractivity contribution in [2.24, 2.45) is 0 Å². The molecule has 192 valence electrons. The predicted octanol–water partition coefficient (Wildman–Crippen LogP) is 7.43. The Bertz CT molecular complexity index is 1420.